The summed E-state index contributed by atoms with van der Waals surface area (Å²) in [6.45, 7) is 2.06. The van der Waals surface area contributed by atoms with Crippen LogP contribution in [-0.4, -0.2) is 4.57 Å². The van der Waals surface area contributed by atoms with E-state index in [1.165, 1.54) is 10.9 Å². The zero-order valence-corrected chi connectivity index (χ0v) is 7.70. The summed E-state index contributed by atoms with van der Waals surface area (Å²) in [4.78, 5) is 0. The van der Waals surface area contributed by atoms with Crippen molar-refractivity contribution in [3.63, 3.8) is 0 Å². The Balaban J connectivity index is 2.94. The average Bonchev–Trinajstić information content (AvgIpc) is 2.45. The van der Waals surface area contributed by atoms with E-state index in [2.05, 4.69) is 19.1 Å². The third-order valence-corrected chi connectivity index (χ3v) is 2.42. The molecule has 1 aromatic carbocycles. The summed E-state index contributed by atoms with van der Waals surface area (Å²) in [5.74, 6) is 0. The Bertz CT molecular complexity index is 501. The number of aromatic nitrogens is 1. The second-order valence-electron chi connectivity index (χ2n) is 3.21. The van der Waals surface area contributed by atoms with Gasteiger partial charge in [-0.3, -0.25) is 0 Å². The van der Waals surface area contributed by atoms with Gasteiger partial charge in [-0.1, -0.05) is 12.1 Å². The van der Waals surface area contributed by atoms with Gasteiger partial charge in [0, 0.05) is 18.0 Å². The summed E-state index contributed by atoms with van der Waals surface area (Å²) in [5.41, 5.74) is 3.05. The lowest BCUT2D eigenvalue weighted by atomic mass is 10.1. The first-order valence-electron chi connectivity index (χ1n) is 4.19. The lowest BCUT2D eigenvalue weighted by Gasteiger charge is -1.97. The van der Waals surface area contributed by atoms with Crippen molar-refractivity contribution in [1.82, 2.24) is 4.57 Å². The van der Waals surface area contributed by atoms with Gasteiger partial charge in [-0.15, -0.1) is 0 Å². The molecule has 0 aliphatic rings. The highest BCUT2D eigenvalue weighted by Crippen LogP contribution is 2.21. The zero-order valence-electron chi connectivity index (χ0n) is 7.70. The molecule has 0 aliphatic carbocycles. The van der Waals surface area contributed by atoms with Gasteiger partial charge in [-0.05, 0) is 24.6 Å². The predicted octanol–water partition coefficient (Wildman–Crippen LogP) is 2.36. The fourth-order valence-electron chi connectivity index (χ4n) is 1.62. The van der Waals surface area contributed by atoms with Gasteiger partial charge in [-0.2, -0.15) is 5.26 Å². The van der Waals surface area contributed by atoms with E-state index in [4.69, 9.17) is 5.26 Å². The molecule has 13 heavy (non-hydrogen) atoms. The molecule has 0 bridgehead atoms. The van der Waals surface area contributed by atoms with E-state index >= 15 is 0 Å². The van der Waals surface area contributed by atoms with Crippen molar-refractivity contribution in [2.75, 3.05) is 0 Å². The van der Waals surface area contributed by atoms with Gasteiger partial charge in [-0.25, -0.2) is 0 Å². The lowest BCUT2D eigenvalue weighted by Crippen LogP contribution is -1.89. The molecule has 0 radical (unpaired) electrons. The second kappa shape index (κ2) is 2.63. The van der Waals surface area contributed by atoms with E-state index in [9.17, 15) is 0 Å². The van der Waals surface area contributed by atoms with Crippen molar-refractivity contribution in [1.29, 1.82) is 5.26 Å². The Morgan fingerprint density at radius 2 is 2.15 bits per heavy atom. The first-order valence-corrected chi connectivity index (χ1v) is 4.19. The monoisotopic (exact) mass is 170 g/mol. The maximum atomic E-state index is 8.84. The quantitative estimate of drug-likeness (QED) is 0.596. The number of benzene rings is 1. The molecule has 0 N–H and O–H groups in total. The molecule has 2 heteroatoms. The Morgan fingerprint density at radius 1 is 1.38 bits per heavy atom. The Hall–Kier alpha value is -1.75. The third-order valence-electron chi connectivity index (χ3n) is 2.42. The maximum absolute atomic E-state index is 8.84. The molecule has 0 aliphatic heterocycles. The average molecular weight is 170 g/mol. The van der Waals surface area contributed by atoms with Crippen molar-refractivity contribution in [3.8, 4) is 6.07 Å². The van der Waals surface area contributed by atoms with Crippen molar-refractivity contribution in [2.45, 2.75) is 6.92 Å². The normalized spacial score (nSPS) is 10.2. The van der Waals surface area contributed by atoms with E-state index in [1.807, 2.05) is 29.8 Å². The number of rotatable bonds is 0. The highest BCUT2D eigenvalue weighted by atomic mass is 14.9. The molecular formula is C11H10N2. The van der Waals surface area contributed by atoms with Crippen molar-refractivity contribution >= 4 is 10.9 Å². The van der Waals surface area contributed by atoms with Gasteiger partial charge in [0.25, 0.3) is 0 Å². The minimum absolute atomic E-state index is 0.712. The van der Waals surface area contributed by atoms with Gasteiger partial charge in [0.05, 0.1) is 0 Å². The van der Waals surface area contributed by atoms with Gasteiger partial charge in [0.2, 0.25) is 0 Å². The van der Waals surface area contributed by atoms with Crippen LogP contribution in [0.3, 0.4) is 0 Å². The topological polar surface area (TPSA) is 28.7 Å². The summed E-state index contributed by atoms with van der Waals surface area (Å²) in [6, 6.07) is 10.2. The highest BCUT2D eigenvalue weighted by molar-refractivity contribution is 5.85. The third kappa shape index (κ3) is 1.01. The van der Waals surface area contributed by atoms with Crippen LogP contribution in [0, 0.1) is 18.3 Å². The molecule has 2 aromatic rings. The number of nitrogens with zero attached hydrogens (tertiary/aromatic N) is 2. The van der Waals surface area contributed by atoms with Gasteiger partial charge < -0.3 is 4.57 Å². The van der Waals surface area contributed by atoms with E-state index in [1.54, 1.807) is 0 Å². The molecule has 0 atom stereocenters. The van der Waals surface area contributed by atoms with Crippen LogP contribution in [0.5, 0.6) is 0 Å². The molecule has 0 saturated carbocycles. The van der Waals surface area contributed by atoms with Crippen LogP contribution in [0.25, 0.3) is 10.9 Å². The number of nitriles is 1. The minimum atomic E-state index is 0.712. The van der Waals surface area contributed by atoms with E-state index < -0.39 is 0 Å². The van der Waals surface area contributed by atoms with E-state index in [0.717, 1.165) is 5.52 Å². The van der Waals surface area contributed by atoms with Crippen LogP contribution in [0.1, 0.15) is 11.3 Å². The molecule has 0 fully saturated rings. The van der Waals surface area contributed by atoms with Gasteiger partial charge in [0.1, 0.15) is 11.8 Å². The Morgan fingerprint density at radius 3 is 2.77 bits per heavy atom. The number of hydrogen-bond donors (Lipinski definition) is 0. The molecule has 1 aromatic heterocycles. The molecule has 0 saturated heterocycles. The summed E-state index contributed by atoms with van der Waals surface area (Å²) in [7, 11) is 1.92. The zero-order chi connectivity index (χ0) is 9.42. The van der Waals surface area contributed by atoms with Crippen LogP contribution in [0.15, 0.2) is 24.3 Å². The fourth-order valence-corrected chi connectivity index (χ4v) is 1.62. The summed E-state index contributed by atoms with van der Waals surface area (Å²) in [6.07, 6.45) is 0. The minimum Gasteiger partial charge on any atom is -0.335 e. The SMILES string of the molecule is Cc1cccc2c1cc(C#N)n2C. The lowest BCUT2D eigenvalue weighted by molar-refractivity contribution is 0.947. The van der Waals surface area contributed by atoms with Crippen LogP contribution in [-0.2, 0) is 7.05 Å². The standard InChI is InChI=1S/C11H10N2/c1-8-4-3-5-11-10(8)6-9(7-12)13(11)2/h3-6H,1-2H3. The van der Waals surface area contributed by atoms with Crippen LogP contribution < -0.4 is 0 Å². The first-order chi connectivity index (χ1) is 6.24. The predicted molar refractivity (Wildman–Crippen MR) is 52.4 cm³/mol. The van der Waals surface area contributed by atoms with Crippen molar-refractivity contribution < 1.29 is 0 Å². The molecule has 2 nitrogen and oxygen atoms in total. The molecule has 0 spiro atoms. The van der Waals surface area contributed by atoms with Gasteiger partial charge >= 0.3 is 0 Å². The highest BCUT2D eigenvalue weighted by Gasteiger charge is 2.05. The molecule has 1 heterocycles. The molecular weight excluding hydrogens is 160 g/mol. The Kier molecular flexibility index (Phi) is 1.60. The summed E-state index contributed by atoms with van der Waals surface area (Å²) in [5, 5.41) is 10.0. The van der Waals surface area contributed by atoms with Gasteiger partial charge in [0.15, 0.2) is 0 Å². The van der Waals surface area contributed by atoms with Crippen molar-refractivity contribution in [2.24, 2.45) is 7.05 Å². The molecule has 64 valence electrons. The molecule has 0 unspecified atom stereocenters. The first kappa shape index (κ1) is 7.88. The number of hydrogen-bond acceptors (Lipinski definition) is 1. The van der Waals surface area contributed by atoms with Crippen LogP contribution in [0.2, 0.25) is 0 Å². The fraction of sp³-hybridized carbons (Fsp3) is 0.182. The van der Waals surface area contributed by atoms with Crippen LogP contribution in [0.4, 0.5) is 0 Å². The molecule has 0 amide bonds. The smallest absolute Gasteiger partial charge is 0.121 e. The second-order valence-corrected chi connectivity index (χ2v) is 3.21. The van der Waals surface area contributed by atoms with E-state index in [0.29, 0.717) is 5.69 Å². The number of fused-ring (bicyclic) bond motifs is 1. The molecule has 2 rings (SSSR count). The Labute approximate surface area is 77.0 Å². The number of aryl methyl sites for hydroxylation is 2. The maximum Gasteiger partial charge on any atom is 0.121 e. The van der Waals surface area contributed by atoms with Crippen LogP contribution >= 0.6 is 0 Å². The van der Waals surface area contributed by atoms with E-state index in [-0.39, 0.29) is 0 Å². The van der Waals surface area contributed by atoms with Crippen molar-refractivity contribution in [3.05, 3.63) is 35.5 Å². The summed E-state index contributed by atoms with van der Waals surface area (Å²) >= 11 is 0. The summed E-state index contributed by atoms with van der Waals surface area (Å²) < 4.78 is 1.92. The largest absolute Gasteiger partial charge is 0.335 e.